The van der Waals surface area contributed by atoms with Crippen molar-refractivity contribution >= 4 is 10.9 Å². The molecule has 4 heterocycles. The SMILES string of the molecule is c1cc(-c2cc(-c3cc4ccncc4[nH]3)[nH]n2)ccn1. The summed E-state index contributed by atoms with van der Waals surface area (Å²) in [6.07, 6.45) is 7.13. The van der Waals surface area contributed by atoms with E-state index in [9.17, 15) is 0 Å². The summed E-state index contributed by atoms with van der Waals surface area (Å²) in [4.78, 5) is 11.5. The second-order valence-electron chi connectivity index (χ2n) is 4.55. The Hall–Kier alpha value is -2.95. The lowest BCUT2D eigenvalue weighted by Crippen LogP contribution is -1.77. The lowest BCUT2D eigenvalue weighted by Gasteiger charge is -1.92. The Kier molecular flexibility index (Phi) is 2.35. The lowest BCUT2D eigenvalue weighted by molar-refractivity contribution is 1.09. The van der Waals surface area contributed by atoms with E-state index in [1.165, 1.54) is 0 Å². The zero-order valence-corrected chi connectivity index (χ0v) is 10.5. The molecular formula is C15H11N5. The van der Waals surface area contributed by atoms with Crippen LogP contribution in [0.5, 0.6) is 0 Å². The van der Waals surface area contributed by atoms with Gasteiger partial charge in [-0.15, -0.1) is 0 Å². The van der Waals surface area contributed by atoms with Crippen molar-refractivity contribution < 1.29 is 0 Å². The Balaban J connectivity index is 1.78. The molecule has 0 saturated heterocycles. The fraction of sp³-hybridized carbons (Fsp3) is 0. The Labute approximate surface area is 114 Å². The quantitative estimate of drug-likeness (QED) is 0.582. The number of nitrogens with zero attached hydrogens (tertiary/aromatic N) is 3. The molecule has 0 saturated carbocycles. The number of aromatic amines is 2. The summed E-state index contributed by atoms with van der Waals surface area (Å²) >= 11 is 0. The van der Waals surface area contributed by atoms with Crippen LogP contribution in [0.1, 0.15) is 0 Å². The van der Waals surface area contributed by atoms with E-state index in [0.29, 0.717) is 0 Å². The van der Waals surface area contributed by atoms with Crippen molar-refractivity contribution in [3.8, 4) is 22.6 Å². The molecule has 5 nitrogen and oxygen atoms in total. The van der Waals surface area contributed by atoms with Gasteiger partial charge in [-0.2, -0.15) is 5.10 Å². The maximum atomic E-state index is 4.34. The summed E-state index contributed by atoms with van der Waals surface area (Å²) in [6, 6.07) is 9.97. The summed E-state index contributed by atoms with van der Waals surface area (Å²) < 4.78 is 0. The molecule has 20 heavy (non-hydrogen) atoms. The predicted molar refractivity (Wildman–Crippen MR) is 76.9 cm³/mol. The van der Waals surface area contributed by atoms with Gasteiger partial charge in [0.05, 0.1) is 28.8 Å². The maximum absolute atomic E-state index is 4.34. The van der Waals surface area contributed by atoms with Gasteiger partial charge in [0.1, 0.15) is 0 Å². The molecule has 0 amide bonds. The van der Waals surface area contributed by atoms with E-state index in [1.54, 1.807) is 18.6 Å². The number of aromatic nitrogens is 5. The molecule has 0 aromatic carbocycles. The van der Waals surface area contributed by atoms with E-state index in [0.717, 1.165) is 33.5 Å². The number of rotatable bonds is 2. The van der Waals surface area contributed by atoms with Crippen LogP contribution in [0, 0.1) is 0 Å². The van der Waals surface area contributed by atoms with Crippen LogP contribution in [0.3, 0.4) is 0 Å². The van der Waals surface area contributed by atoms with Gasteiger partial charge >= 0.3 is 0 Å². The molecule has 0 aliphatic carbocycles. The second kappa shape index (κ2) is 4.31. The summed E-state index contributed by atoms with van der Waals surface area (Å²) in [5.74, 6) is 0. The number of fused-ring (bicyclic) bond motifs is 1. The first-order chi connectivity index (χ1) is 9.90. The van der Waals surface area contributed by atoms with E-state index in [2.05, 4.69) is 31.2 Å². The molecule has 0 radical (unpaired) electrons. The van der Waals surface area contributed by atoms with Crippen LogP contribution in [-0.4, -0.2) is 25.1 Å². The van der Waals surface area contributed by atoms with E-state index in [1.807, 2.05) is 30.5 Å². The minimum Gasteiger partial charge on any atom is -0.352 e. The maximum Gasteiger partial charge on any atom is 0.0928 e. The largest absolute Gasteiger partial charge is 0.352 e. The Bertz CT molecular complexity index is 827. The van der Waals surface area contributed by atoms with Crippen LogP contribution >= 0.6 is 0 Å². The fourth-order valence-corrected chi connectivity index (χ4v) is 2.25. The molecule has 4 rings (SSSR count). The third-order valence-corrected chi connectivity index (χ3v) is 3.27. The van der Waals surface area contributed by atoms with Gasteiger partial charge in [0.25, 0.3) is 0 Å². The molecule has 0 spiro atoms. The number of hydrogen-bond donors (Lipinski definition) is 2. The molecule has 4 aromatic rings. The average molecular weight is 261 g/mol. The smallest absolute Gasteiger partial charge is 0.0928 e. The van der Waals surface area contributed by atoms with E-state index < -0.39 is 0 Å². The zero-order valence-electron chi connectivity index (χ0n) is 10.5. The Morgan fingerprint density at radius 3 is 2.55 bits per heavy atom. The van der Waals surface area contributed by atoms with Crippen molar-refractivity contribution in [3.63, 3.8) is 0 Å². The lowest BCUT2D eigenvalue weighted by atomic mass is 10.2. The first-order valence-electron chi connectivity index (χ1n) is 6.29. The van der Waals surface area contributed by atoms with E-state index >= 15 is 0 Å². The van der Waals surface area contributed by atoms with Crippen molar-refractivity contribution in [3.05, 3.63) is 55.1 Å². The standard InChI is InChI=1S/C15H11N5/c1-4-16-5-2-10(1)12-8-14(20-19-12)13-7-11-3-6-17-9-15(11)18-13/h1-9,18H,(H,19,20). The summed E-state index contributed by atoms with van der Waals surface area (Å²) in [5.41, 5.74) is 4.91. The molecule has 2 N–H and O–H groups in total. The first kappa shape index (κ1) is 10.9. The second-order valence-corrected chi connectivity index (χ2v) is 4.55. The normalized spacial score (nSPS) is 11.0. The summed E-state index contributed by atoms with van der Waals surface area (Å²) in [6.45, 7) is 0. The van der Waals surface area contributed by atoms with Crippen LogP contribution < -0.4 is 0 Å². The van der Waals surface area contributed by atoms with Gasteiger partial charge in [0.15, 0.2) is 0 Å². The van der Waals surface area contributed by atoms with Gasteiger partial charge < -0.3 is 4.98 Å². The van der Waals surface area contributed by atoms with Crippen molar-refractivity contribution in [1.29, 1.82) is 0 Å². The summed E-state index contributed by atoms with van der Waals surface area (Å²) in [5, 5.41) is 8.54. The molecule has 0 atom stereocenters. The monoisotopic (exact) mass is 261 g/mol. The van der Waals surface area contributed by atoms with Crippen molar-refractivity contribution in [2.45, 2.75) is 0 Å². The van der Waals surface area contributed by atoms with Gasteiger partial charge in [-0.3, -0.25) is 15.1 Å². The molecule has 0 unspecified atom stereocenters. The third kappa shape index (κ3) is 1.76. The Morgan fingerprint density at radius 2 is 1.70 bits per heavy atom. The minimum atomic E-state index is 0.902. The van der Waals surface area contributed by atoms with Crippen molar-refractivity contribution in [2.24, 2.45) is 0 Å². The minimum absolute atomic E-state index is 0.902. The van der Waals surface area contributed by atoms with Gasteiger partial charge in [-0.1, -0.05) is 0 Å². The van der Waals surface area contributed by atoms with Crippen molar-refractivity contribution in [1.82, 2.24) is 25.1 Å². The molecule has 5 heteroatoms. The molecule has 96 valence electrons. The van der Waals surface area contributed by atoms with Gasteiger partial charge in [-0.05, 0) is 30.3 Å². The molecule has 0 fully saturated rings. The number of nitrogens with one attached hydrogen (secondary N) is 2. The van der Waals surface area contributed by atoms with Crippen LogP contribution in [-0.2, 0) is 0 Å². The van der Waals surface area contributed by atoms with Crippen LogP contribution in [0.25, 0.3) is 33.5 Å². The highest BCUT2D eigenvalue weighted by atomic mass is 15.1. The number of hydrogen-bond acceptors (Lipinski definition) is 3. The van der Waals surface area contributed by atoms with E-state index in [-0.39, 0.29) is 0 Å². The van der Waals surface area contributed by atoms with Crippen LogP contribution in [0.2, 0.25) is 0 Å². The molecular weight excluding hydrogens is 250 g/mol. The highest BCUT2D eigenvalue weighted by molar-refractivity contribution is 5.84. The van der Waals surface area contributed by atoms with Gasteiger partial charge in [-0.25, -0.2) is 0 Å². The highest BCUT2D eigenvalue weighted by Crippen LogP contribution is 2.25. The van der Waals surface area contributed by atoms with Crippen LogP contribution in [0.15, 0.2) is 55.1 Å². The van der Waals surface area contributed by atoms with E-state index in [4.69, 9.17) is 0 Å². The predicted octanol–water partition coefficient (Wildman–Crippen LogP) is 3.02. The van der Waals surface area contributed by atoms with Gasteiger partial charge in [0.2, 0.25) is 0 Å². The molecule has 0 aliphatic heterocycles. The van der Waals surface area contributed by atoms with Gasteiger partial charge in [0, 0.05) is 29.5 Å². The Morgan fingerprint density at radius 1 is 0.850 bits per heavy atom. The highest BCUT2D eigenvalue weighted by Gasteiger charge is 2.08. The number of H-pyrrole nitrogens is 2. The summed E-state index contributed by atoms with van der Waals surface area (Å²) in [7, 11) is 0. The average Bonchev–Trinajstić information content (AvgIpc) is 3.14. The molecule has 0 aliphatic rings. The van der Waals surface area contributed by atoms with Crippen LogP contribution in [0.4, 0.5) is 0 Å². The first-order valence-corrected chi connectivity index (χ1v) is 6.29. The fourth-order valence-electron chi connectivity index (χ4n) is 2.25. The molecule has 0 bridgehead atoms. The topological polar surface area (TPSA) is 70.2 Å². The zero-order chi connectivity index (χ0) is 13.4. The number of pyridine rings is 2. The third-order valence-electron chi connectivity index (χ3n) is 3.27. The molecule has 4 aromatic heterocycles. The van der Waals surface area contributed by atoms with Crippen molar-refractivity contribution in [2.75, 3.05) is 0 Å².